The fourth-order valence-corrected chi connectivity index (χ4v) is 5.22. The van der Waals surface area contributed by atoms with Gasteiger partial charge in [0.1, 0.15) is 10.9 Å². The van der Waals surface area contributed by atoms with Gasteiger partial charge in [0.2, 0.25) is 21.7 Å². The molecule has 1 unspecified atom stereocenters. The van der Waals surface area contributed by atoms with Gasteiger partial charge in [-0.1, -0.05) is 44.5 Å². The molecule has 2 aromatic heterocycles. The Bertz CT molecular complexity index is 1210. The first-order valence-electron chi connectivity index (χ1n) is 10.5. The van der Waals surface area contributed by atoms with Gasteiger partial charge in [-0.3, -0.25) is 9.78 Å². The summed E-state index contributed by atoms with van der Waals surface area (Å²) in [6.45, 7) is 7.86. The molecule has 176 valence electrons. The molecule has 2 heterocycles. The fraction of sp³-hybridized carbons (Fsp3) is 0.364. The molecule has 0 bridgehead atoms. The molecule has 1 aromatic carbocycles. The minimum absolute atomic E-state index is 0.0535. The molecule has 0 spiro atoms. The Labute approximate surface area is 198 Å². The summed E-state index contributed by atoms with van der Waals surface area (Å²) in [7, 11) is -3.84. The van der Waals surface area contributed by atoms with Crippen LogP contribution in [-0.2, 0) is 10.0 Å². The largest absolute Gasteiger partial charge is 0.340 e. The summed E-state index contributed by atoms with van der Waals surface area (Å²) in [5.74, 6) is 0.0670. The van der Waals surface area contributed by atoms with E-state index < -0.39 is 22.0 Å². The Hall–Kier alpha value is -2.82. The molecule has 3 rings (SSSR count). The predicted molar refractivity (Wildman–Crippen MR) is 124 cm³/mol. The van der Waals surface area contributed by atoms with Gasteiger partial charge in [0, 0.05) is 36.6 Å². The number of carbonyl (C=O) groups is 1. The van der Waals surface area contributed by atoms with E-state index in [1.807, 2.05) is 13.8 Å². The third-order valence-corrected chi connectivity index (χ3v) is 7.65. The van der Waals surface area contributed by atoms with Crippen LogP contribution in [0.5, 0.6) is 0 Å². The van der Waals surface area contributed by atoms with Crippen LogP contribution in [0, 0.1) is 5.92 Å². The Morgan fingerprint density at radius 3 is 2.42 bits per heavy atom. The quantitative estimate of drug-likeness (QED) is 0.481. The van der Waals surface area contributed by atoms with Crippen LogP contribution in [0.1, 0.15) is 50.0 Å². The fourth-order valence-electron chi connectivity index (χ4n) is 3.26. The molecule has 3 aromatic rings. The number of halogens is 1. The van der Waals surface area contributed by atoms with Crippen LogP contribution in [-0.4, -0.2) is 46.8 Å². The molecule has 1 amide bonds. The molecule has 0 fully saturated rings. The van der Waals surface area contributed by atoms with Crippen LogP contribution in [0.2, 0.25) is 5.02 Å². The number of pyridine rings is 1. The summed E-state index contributed by atoms with van der Waals surface area (Å²) in [5.41, 5.74) is 0.891. The summed E-state index contributed by atoms with van der Waals surface area (Å²) in [5, 5.41) is 6.92. The SMILES string of the molecule is CCN(CC)S(=O)(=O)c1cc(C(=O)NC(c2nc(-c3ccncc3)no2)C(C)C)ccc1Cl. The van der Waals surface area contributed by atoms with Gasteiger partial charge in [0.15, 0.2) is 0 Å². The molecule has 9 nitrogen and oxygen atoms in total. The van der Waals surface area contributed by atoms with Crippen molar-refractivity contribution < 1.29 is 17.7 Å². The number of amides is 1. The van der Waals surface area contributed by atoms with Crippen LogP contribution < -0.4 is 5.32 Å². The summed E-state index contributed by atoms with van der Waals surface area (Å²) in [6, 6.07) is 7.10. The van der Waals surface area contributed by atoms with Crippen molar-refractivity contribution in [1.29, 1.82) is 0 Å². The van der Waals surface area contributed by atoms with Gasteiger partial charge in [0.05, 0.1) is 5.02 Å². The molecular weight excluding hydrogens is 466 g/mol. The van der Waals surface area contributed by atoms with Crippen LogP contribution in [0.25, 0.3) is 11.4 Å². The number of nitrogens with zero attached hydrogens (tertiary/aromatic N) is 4. The Morgan fingerprint density at radius 1 is 1.15 bits per heavy atom. The molecule has 0 saturated carbocycles. The monoisotopic (exact) mass is 491 g/mol. The summed E-state index contributed by atoms with van der Waals surface area (Å²) < 4.78 is 32.6. The number of nitrogens with one attached hydrogen (secondary N) is 1. The lowest BCUT2D eigenvalue weighted by atomic mass is 10.0. The zero-order valence-corrected chi connectivity index (χ0v) is 20.4. The van der Waals surface area contributed by atoms with E-state index in [4.69, 9.17) is 16.1 Å². The summed E-state index contributed by atoms with van der Waals surface area (Å²) in [4.78, 5) is 21.3. The molecule has 0 aliphatic heterocycles. The molecule has 0 aliphatic rings. The molecule has 33 heavy (non-hydrogen) atoms. The van der Waals surface area contributed by atoms with E-state index in [-0.39, 0.29) is 40.4 Å². The zero-order valence-electron chi connectivity index (χ0n) is 18.8. The first-order valence-corrected chi connectivity index (χ1v) is 12.3. The predicted octanol–water partition coefficient (Wildman–Crippen LogP) is 3.94. The minimum Gasteiger partial charge on any atom is -0.340 e. The van der Waals surface area contributed by atoms with Gasteiger partial charge in [0.25, 0.3) is 5.91 Å². The summed E-state index contributed by atoms with van der Waals surface area (Å²) >= 11 is 6.18. The van der Waals surface area contributed by atoms with Crippen molar-refractivity contribution in [3.05, 3.63) is 59.2 Å². The number of rotatable bonds is 9. The van der Waals surface area contributed by atoms with Crippen molar-refractivity contribution in [1.82, 2.24) is 24.7 Å². The van der Waals surface area contributed by atoms with Gasteiger partial charge in [-0.2, -0.15) is 9.29 Å². The number of carbonyl (C=O) groups excluding carboxylic acids is 1. The van der Waals surface area contributed by atoms with Crippen molar-refractivity contribution in [3.8, 4) is 11.4 Å². The smallest absolute Gasteiger partial charge is 0.251 e. The number of sulfonamides is 1. The van der Waals surface area contributed by atoms with Crippen LogP contribution in [0.15, 0.2) is 52.1 Å². The Morgan fingerprint density at radius 2 is 1.82 bits per heavy atom. The number of hydrogen-bond donors (Lipinski definition) is 1. The van der Waals surface area contributed by atoms with Crippen LogP contribution in [0.3, 0.4) is 0 Å². The van der Waals surface area contributed by atoms with Gasteiger partial charge >= 0.3 is 0 Å². The van der Waals surface area contributed by atoms with Crippen molar-refractivity contribution in [2.75, 3.05) is 13.1 Å². The molecule has 1 N–H and O–H groups in total. The molecule has 0 radical (unpaired) electrons. The minimum atomic E-state index is -3.84. The standard InChI is InChI=1S/C22H26ClN5O4S/c1-5-28(6-2)33(30,31)18-13-16(7-8-17(18)23)21(29)25-19(14(3)4)22-26-20(27-32-22)15-9-11-24-12-10-15/h7-14,19H,5-6H2,1-4H3,(H,25,29). The lowest BCUT2D eigenvalue weighted by molar-refractivity contribution is 0.0913. The third-order valence-electron chi connectivity index (χ3n) is 5.12. The zero-order chi connectivity index (χ0) is 24.2. The first kappa shape index (κ1) is 24.8. The van der Waals surface area contributed by atoms with E-state index in [2.05, 4.69) is 20.4 Å². The normalized spacial score (nSPS) is 12.8. The lowest BCUT2D eigenvalue weighted by Crippen LogP contribution is -2.33. The van der Waals surface area contributed by atoms with Crippen molar-refractivity contribution in [3.63, 3.8) is 0 Å². The second-order valence-electron chi connectivity index (χ2n) is 7.62. The summed E-state index contributed by atoms with van der Waals surface area (Å²) in [6.07, 6.45) is 3.24. The third kappa shape index (κ3) is 5.40. The number of aromatic nitrogens is 3. The Balaban J connectivity index is 1.88. The van der Waals surface area contributed by atoms with E-state index in [0.717, 1.165) is 5.56 Å². The maximum Gasteiger partial charge on any atom is 0.251 e. The van der Waals surface area contributed by atoms with Crippen LogP contribution in [0.4, 0.5) is 0 Å². The highest BCUT2D eigenvalue weighted by atomic mass is 35.5. The average molecular weight is 492 g/mol. The highest BCUT2D eigenvalue weighted by Crippen LogP contribution is 2.27. The van der Waals surface area contributed by atoms with Crippen molar-refractivity contribution in [2.45, 2.75) is 38.6 Å². The second-order valence-corrected chi connectivity index (χ2v) is 9.94. The molecule has 0 saturated heterocycles. The topological polar surface area (TPSA) is 118 Å². The average Bonchev–Trinajstić information content (AvgIpc) is 3.28. The molecule has 1 atom stereocenters. The van der Waals surface area contributed by atoms with E-state index >= 15 is 0 Å². The van der Waals surface area contributed by atoms with Gasteiger partial charge in [-0.25, -0.2) is 8.42 Å². The highest BCUT2D eigenvalue weighted by Gasteiger charge is 2.28. The number of hydrogen-bond acceptors (Lipinski definition) is 7. The van der Waals surface area contributed by atoms with Crippen molar-refractivity contribution >= 4 is 27.5 Å². The maximum absolute atomic E-state index is 13.0. The van der Waals surface area contributed by atoms with Gasteiger partial charge in [-0.15, -0.1) is 0 Å². The van der Waals surface area contributed by atoms with E-state index in [1.165, 1.54) is 22.5 Å². The lowest BCUT2D eigenvalue weighted by Gasteiger charge is -2.21. The van der Waals surface area contributed by atoms with Gasteiger partial charge in [-0.05, 0) is 36.2 Å². The molecule has 11 heteroatoms. The first-order chi connectivity index (χ1) is 15.7. The Kier molecular flexibility index (Phi) is 7.83. The van der Waals surface area contributed by atoms with E-state index in [1.54, 1.807) is 38.4 Å². The maximum atomic E-state index is 13.0. The van der Waals surface area contributed by atoms with E-state index in [0.29, 0.717) is 5.82 Å². The number of benzene rings is 1. The molecule has 0 aliphatic carbocycles. The van der Waals surface area contributed by atoms with Crippen LogP contribution >= 0.6 is 11.6 Å². The second kappa shape index (κ2) is 10.4. The molecular formula is C22H26ClN5O4S. The highest BCUT2D eigenvalue weighted by molar-refractivity contribution is 7.89. The van der Waals surface area contributed by atoms with E-state index in [9.17, 15) is 13.2 Å². The van der Waals surface area contributed by atoms with Crippen molar-refractivity contribution in [2.24, 2.45) is 5.92 Å². The van der Waals surface area contributed by atoms with Gasteiger partial charge < -0.3 is 9.84 Å².